The van der Waals surface area contributed by atoms with Crippen molar-refractivity contribution in [2.75, 3.05) is 5.32 Å². The van der Waals surface area contributed by atoms with E-state index in [1.54, 1.807) is 0 Å². The SMILES string of the molecule is O=C(Nc1ccccc1Cc1ccccc1)C12C[C@H]3C[C@@H](CC(Br)(C3)C1)C2. The fraction of sp³-hybridized carbons (Fsp3) is 0.458. The molecule has 6 rings (SSSR count). The van der Waals surface area contributed by atoms with Crippen LogP contribution in [0.1, 0.15) is 49.7 Å². The van der Waals surface area contributed by atoms with Crippen LogP contribution in [0.5, 0.6) is 0 Å². The Labute approximate surface area is 169 Å². The minimum Gasteiger partial charge on any atom is -0.325 e. The van der Waals surface area contributed by atoms with Crippen LogP contribution < -0.4 is 5.32 Å². The zero-order valence-electron chi connectivity index (χ0n) is 15.6. The number of amides is 1. The number of carbonyl (C=O) groups is 1. The Bertz CT molecular complexity index is 848. The van der Waals surface area contributed by atoms with Crippen molar-refractivity contribution >= 4 is 27.5 Å². The van der Waals surface area contributed by atoms with Gasteiger partial charge in [-0.15, -0.1) is 0 Å². The van der Waals surface area contributed by atoms with Crippen LogP contribution >= 0.6 is 15.9 Å². The van der Waals surface area contributed by atoms with E-state index in [9.17, 15) is 4.79 Å². The maximum Gasteiger partial charge on any atom is 0.230 e. The first-order valence-corrected chi connectivity index (χ1v) is 11.0. The highest BCUT2D eigenvalue weighted by atomic mass is 79.9. The molecule has 4 saturated carbocycles. The lowest BCUT2D eigenvalue weighted by atomic mass is 9.49. The summed E-state index contributed by atoms with van der Waals surface area (Å²) in [5, 5.41) is 3.35. The molecule has 0 spiro atoms. The summed E-state index contributed by atoms with van der Waals surface area (Å²) in [7, 11) is 0. The van der Waals surface area contributed by atoms with Gasteiger partial charge < -0.3 is 5.32 Å². The van der Waals surface area contributed by atoms with Gasteiger partial charge in [-0.2, -0.15) is 0 Å². The first-order chi connectivity index (χ1) is 13.0. The predicted octanol–water partition coefficient (Wildman–Crippen LogP) is 5.95. The fourth-order valence-corrected chi connectivity index (χ4v) is 7.74. The molecule has 4 aliphatic carbocycles. The van der Waals surface area contributed by atoms with Crippen molar-refractivity contribution in [1.82, 2.24) is 0 Å². The van der Waals surface area contributed by atoms with Gasteiger partial charge >= 0.3 is 0 Å². The molecule has 0 heterocycles. The molecule has 4 aliphatic rings. The normalized spacial score (nSPS) is 33.8. The van der Waals surface area contributed by atoms with Crippen LogP contribution in [0.25, 0.3) is 0 Å². The molecule has 2 nitrogen and oxygen atoms in total. The van der Waals surface area contributed by atoms with Crippen LogP contribution in [0, 0.1) is 17.3 Å². The standard InChI is InChI=1S/C24H26BrNO/c25-24-14-18-10-19(15-24)13-23(12-18,16-24)22(27)26-21-9-5-4-8-20(21)11-17-6-2-1-3-7-17/h1-9,18-19H,10-16H2,(H,26,27)/t18-,19-,23?,24?/m1/s1. The number of hydrogen-bond donors (Lipinski definition) is 1. The van der Waals surface area contributed by atoms with Gasteiger partial charge in [-0.25, -0.2) is 0 Å². The van der Waals surface area contributed by atoms with Gasteiger partial charge in [0.15, 0.2) is 0 Å². The van der Waals surface area contributed by atoms with Gasteiger partial charge in [0.1, 0.15) is 0 Å². The van der Waals surface area contributed by atoms with E-state index < -0.39 is 0 Å². The molecule has 0 saturated heterocycles. The molecule has 4 fully saturated rings. The molecule has 1 amide bonds. The minimum absolute atomic E-state index is 0.173. The third-order valence-corrected chi connectivity index (χ3v) is 7.90. The maximum absolute atomic E-state index is 13.5. The first-order valence-electron chi connectivity index (χ1n) is 10.2. The van der Waals surface area contributed by atoms with Crippen molar-refractivity contribution in [3.63, 3.8) is 0 Å². The third-order valence-electron chi connectivity index (χ3n) is 6.97. The Morgan fingerprint density at radius 3 is 2.33 bits per heavy atom. The molecule has 0 aromatic heterocycles. The highest BCUT2D eigenvalue weighted by Crippen LogP contribution is 2.64. The average Bonchev–Trinajstić information content (AvgIpc) is 2.62. The molecule has 2 aromatic rings. The Morgan fingerprint density at radius 1 is 0.963 bits per heavy atom. The number of nitrogens with one attached hydrogen (secondary N) is 1. The second kappa shape index (κ2) is 6.48. The second-order valence-corrected chi connectivity index (χ2v) is 10.8. The van der Waals surface area contributed by atoms with Gasteiger partial charge in [0.25, 0.3) is 0 Å². The second-order valence-electron chi connectivity index (χ2n) is 9.17. The minimum atomic E-state index is -0.173. The predicted molar refractivity (Wildman–Crippen MR) is 113 cm³/mol. The Morgan fingerprint density at radius 2 is 1.63 bits per heavy atom. The largest absolute Gasteiger partial charge is 0.325 e. The number of alkyl halides is 1. The smallest absolute Gasteiger partial charge is 0.230 e. The molecule has 0 unspecified atom stereocenters. The Hall–Kier alpha value is -1.61. The summed E-state index contributed by atoms with van der Waals surface area (Å²) >= 11 is 4.03. The summed E-state index contributed by atoms with van der Waals surface area (Å²) in [5.74, 6) is 1.69. The fourth-order valence-electron chi connectivity index (χ4n) is 6.28. The van der Waals surface area contributed by atoms with E-state index in [2.05, 4.69) is 63.7 Å². The molecule has 4 bridgehead atoms. The molecular weight excluding hydrogens is 398 g/mol. The molecule has 0 aliphatic heterocycles. The van der Waals surface area contributed by atoms with Crippen LogP contribution in [-0.2, 0) is 11.2 Å². The van der Waals surface area contributed by atoms with Crippen LogP contribution in [0.15, 0.2) is 54.6 Å². The number of halogens is 1. The molecular formula is C24H26BrNO. The van der Waals surface area contributed by atoms with Crippen molar-refractivity contribution in [2.24, 2.45) is 17.3 Å². The zero-order valence-corrected chi connectivity index (χ0v) is 17.2. The van der Waals surface area contributed by atoms with E-state index in [0.29, 0.717) is 0 Å². The van der Waals surface area contributed by atoms with Crippen molar-refractivity contribution < 1.29 is 4.79 Å². The Kier molecular flexibility index (Phi) is 4.19. The van der Waals surface area contributed by atoms with E-state index in [-0.39, 0.29) is 15.6 Å². The number of rotatable bonds is 4. The van der Waals surface area contributed by atoms with E-state index in [1.165, 1.54) is 30.4 Å². The van der Waals surface area contributed by atoms with E-state index >= 15 is 0 Å². The highest BCUT2D eigenvalue weighted by molar-refractivity contribution is 9.10. The van der Waals surface area contributed by atoms with Crippen molar-refractivity contribution in [1.29, 1.82) is 0 Å². The molecule has 1 N–H and O–H groups in total. The zero-order chi connectivity index (χ0) is 18.5. The quantitative estimate of drug-likeness (QED) is 0.604. The maximum atomic E-state index is 13.5. The first kappa shape index (κ1) is 17.5. The topological polar surface area (TPSA) is 29.1 Å². The van der Waals surface area contributed by atoms with E-state index in [4.69, 9.17) is 0 Å². The van der Waals surface area contributed by atoms with Crippen molar-refractivity contribution in [3.8, 4) is 0 Å². The van der Waals surface area contributed by atoms with E-state index in [1.807, 2.05) is 12.1 Å². The van der Waals surface area contributed by atoms with Crippen molar-refractivity contribution in [3.05, 3.63) is 65.7 Å². The summed E-state index contributed by atoms with van der Waals surface area (Å²) in [6, 6.07) is 18.7. The molecule has 140 valence electrons. The molecule has 2 aromatic carbocycles. The van der Waals surface area contributed by atoms with Gasteiger partial charge in [-0.3, -0.25) is 4.79 Å². The lowest BCUT2D eigenvalue weighted by Gasteiger charge is -2.59. The summed E-state index contributed by atoms with van der Waals surface area (Å²) in [6.45, 7) is 0. The monoisotopic (exact) mass is 423 g/mol. The summed E-state index contributed by atoms with van der Waals surface area (Å²) in [4.78, 5) is 13.5. The third kappa shape index (κ3) is 3.24. The number of hydrogen-bond acceptors (Lipinski definition) is 1. The van der Waals surface area contributed by atoms with Crippen molar-refractivity contribution in [2.45, 2.75) is 49.3 Å². The Balaban J connectivity index is 1.39. The summed E-state index contributed by atoms with van der Waals surface area (Å²) < 4.78 is 0.206. The van der Waals surface area contributed by atoms with Gasteiger partial charge in [-0.1, -0.05) is 64.5 Å². The summed E-state index contributed by atoms with van der Waals surface area (Å²) in [6.07, 6.45) is 7.82. The molecule has 3 heteroatoms. The lowest BCUT2D eigenvalue weighted by molar-refractivity contribution is -0.138. The van der Waals surface area contributed by atoms with Crippen LogP contribution in [-0.4, -0.2) is 10.2 Å². The number of para-hydroxylation sites is 1. The average molecular weight is 424 g/mol. The van der Waals surface area contributed by atoms with Crippen LogP contribution in [0.3, 0.4) is 0 Å². The number of anilines is 1. The highest BCUT2D eigenvalue weighted by Gasteiger charge is 2.59. The van der Waals surface area contributed by atoms with E-state index in [0.717, 1.165) is 43.2 Å². The number of benzene rings is 2. The van der Waals surface area contributed by atoms with Crippen LogP contribution in [0.2, 0.25) is 0 Å². The number of carbonyl (C=O) groups excluding carboxylic acids is 1. The molecule has 2 atom stereocenters. The molecule has 0 radical (unpaired) electrons. The lowest BCUT2D eigenvalue weighted by Crippen LogP contribution is -2.57. The van der Waals surface area contributed by atoms with Gasteiger partial charge in [0.05, 0.1) is 5.41 Å². The van der Waals surface area contributed by atoms with Gasteiger partial charge in [0, 0.05) is 10.0 Å². The van der Waals surface area contributed by atoms with Crippen LogP contribution in [0.4, 0.5) is 5.69 Å². The van der Waals surface area contributed by atoms with Gasteiger partial charge in [-0.05, 0) is 74.0 Å². The van der Waals surface area contributed by atoms with Gasteiger partial charge in [0.2, 0.25) is 5.91 Å². The molecule has 27 heavy (non-hydrogen) atoms. The summed E-state index contributed by atoms with van der Waals surface area (Å²) in [5.41, 5.74) is 3.27.